The molecule has 2 rings (SSSR count). The van der Waals surface area contributed by atoms with Crippen LogP contribution in [0.15, 0.2) is 28.9 Å². The minimum Gasteiger partial charge on any atom is -0.452 e. The molecule has 7 heteroatoms. The number of nitrogens with one attached hydrogen (secondary N) is 1. The van der Waals surface area contributed by atoms with Gasteiger partial charge in [-0.05, 0) is 39.3 Å². The summed E-state index contributed by atoms with van der Waals surface area (Å²) in [6.45, 7) is 6.86. The zero-order chi connectivity index (χ0) is 18.6. The van der Waals surface area contributed by atoms with Crippen LogP contribution in [0.4, 0.5) is 0 Å². The van der Waals surface area contributed by atoms with E-state index < -0.39 is 18.5 Å². The number of amides is 1. The van der Waals surface area contributed by atoms with Gasteiger partial charge in [0.05, 0.1) is 0 Å². The Morgan fingerprint density at radius 1 is 1.36 bits per heavy atom. The van der Waals surface area contributed by atoms with Crippen LogP contribution in [0.1, 0.15) is 48.9 Å². The summed E-state index contributed by atoms with van der Waals surface area (Å²) in [4.78, 5) is 24.2. The molecule has 2 aromatic heterocycles. The van der Waals surface area contributed by atoms with Crippen molar-refractivity contribution in [1.82, 2.24) is 9.88 Å². The first-order valence-corrected chi connectivity index (χ1v) is 7.94. The molecule has 0 aliphatic carbocycles. The van der Waals surface area contributed by atoms with E-state index in [0.29, 0.717) is 0 Å². The lowest BCUT2D eigenvalue weighted by Crippen LogP contribution is -2.44. The third-order valence-electron chi connectivity index (χ3n) is 3.92. The Balaban J connectivity index is 2.15. The number of esters is 1. The minimum absolute atomic E-state index is 0.0359. The van der Waals surface area contributed by atoms with Crippen LogP contribution < -0.4 is 5.32 Å². The molecular weight excluding hydrogens is 322 g/mol. The third kappa shape index (κ3) is 4.10. The molecule has 0 saturated carbocycles. The van der Waals surface area contributed by atoms with Crippen molar-refractivity contribution >= 4 is 11.9 Å². The van der Waals surface area contributed by atoms with E-state index in [2.05, 4.69) is 5.32 Å². The van der Waals surface area contributed by atoms with Gasteiger partial charge in [0.15, 0.2) is 6.61 Å². The molecule has 25 heavy (non-hydrogen) atoms. The molecule has 0 aromatic carbocycles. The van der Waals surface area contributed by atoms with Crippen LogP contribution in [-0.2, 0) is 9.53 Å². The van der Waals surface area contributed by atoms with Crippen LogP contribution in [0, 0.1) is 18.3 Å². The van der Waals surface area contributed by atoms with E-state index in [1.165, 1.54) is 0 Å². The Morgan fingerprint density at radius 2 is 2.00 bits per heavy atom. The second-order valence-corrected chi connectivity index (χ2v) is 6.28. The summed E-state index contributed by atoms with van der Waals surface area (Å²) in [6.07, 6.45) is 4.15. The standard InChI is InChI=1S/C18H21N3O4/c1-5-18(3,4)20-14(22)11-24-17(23)15-12(2)25-16(13(15)10-19)21-8-6-7-9-21/h6-9H,5,11H2,1-4H3,(H,20,22). The highest BCUT2D eigenvalue weighted by Gasteiger charge is 2.26. The first kappa shape index (κ1) is 18.3. The zero-order valence-electron chi connectivity index (χ0n) is 14.8. The SMILES string of the molecule is CCC(C)(C)NC(=O)COC(=O)c1c(C)oc(-n2cccc2)c1C#N. The smallest absolute Gasteiger partial charge is 0.343 e. The van der Waals surface area contributed by atoms with Crippen molar-refractivity contribution in [2.45, 2.75) is 39.7 Å². The molecule has 2 aromatic rings. The second kappa shape index (κ2) is 7.26. The first-order valence-electron chi connectivity index (χ1n) is 7.94. The number of aromatic nitrogens is 1. The number of nitriles is 1. The van der Waals surface area contributed by atoms with Gasteiger partial charge in [0.2, 0.25) is 5.88 Å². The minimum atomic E-state index is -0.763. The van der Waals surface area contributed by atoms with E-state index in [1.54, 1.807) is 36.0 Å². The first-order chi connectivity index (χ1) is 11.8. The molecule has 2 heterocycles. The molecule has 0 saturated heterocycles. The van der Waals surface area contributed by atoms with E-state index in [4.69, 9.17) is 9.15 Å². The number of carbonyl (C=O) groups is 2. The van der Waals surface area contributed by atoms with Crippen molar-refractivity contribution in [2.75, 3.05) is 6.61 Å². The molecule has 0 aliphatic rings. The number of ether oxygens (including phenoxy) is 1. The van der Waals surface area contributed by atoms with Crippen molar-refractivity contribution in [2.24, 2.45) is 0 Å². The molecule has 0 atom stereocenters. The van der Waals surface area contributed by atoms with Crippen molar-refractivity contribution in [1.29, 1.82) is 5.26 Å². The molecule has 0 aliphatic heterocycles. The maximum Gasteiger partial charge on any atom is 0.343 e. The lowest BCUT2D eigenvalue weighted by atomic mass is 10.0. The van der Waals surface area contributed by atoms with Gasteiger partial charge in [-0.2, -0.15) is 5.26 Å². The number of aryl methyl sites for hydroxylation is 1. The molecule has 0 unspecified atom stereocenters. The lowest BCUT2D eigenvalue weighted by Gasteiger charge is -2.24. The van der Waals surface area contributed by atoms with Gasteiger partial charge in [-0.15, -0.1) is 0 Å². The molecule has 7 nitrogen and oxygen atoms in total. The molecular formula is C18H21N3O4. The maximum absolute atomic E-state index is 12.3. The van der Waals surface area contributed by atoms with Gasteiger partial charge < -0.3 is 14.5 Å². The van der Waals surface area contributed by atoms with Gasteiger partial charge in [-0.1, -0.05) is 6.92 Å². The summed E-state index contributed by atoms with van der Waals surface area (Å²) in [7, 11) is 0. The monoisotopic (exact) mass is 343 g/mol. The number of hydrogen-bond acceptors (Lipinski definition) is 5. The molecule has 0 radical (unpaired) electrons. The normalized spacial score (nSPS) is 11.0. The summed E-state index contributed by atoms with van der Waals surface area (Å²) < 4.78 is 12.2. The summed E-state index contributed by atoms with van der Waals surface area (Å²) in [5, 5.41) is 12.2. The van der Waals surface area contributed by atoms with Crippen molar-refractivity contribution in [3.8, 4) is 12.0 Å². The van der Waals surface area contributed by atoms with Crippen LogP contribution in [0.25, 0.3) is 5.88 Å². The quantitative estimate of drug-likeness (QED) is 0.813. The Kier molecular flexibility index (Phi) is 5.32. The molecule has 0 bridgehead atoms. The Hall–Kier alpha value is -3.01. The fourth-order valence-corrected chi connectivity index (χ4v) is 2.24. The molecule has 1 amide bonds. The number of furan rings is 1. The van der Waals surface area contributed by atoms with E-state index in [0.717, 1.165) is 6.42 Å². The molecule has 1 N–H and O–H groups in total. The average molecular weight is 343 g/mol. The number of nitrogens with zero attached hydrogens (tertiary/aromatic N) is 2. The van der Waals surface area contributed by atoms with E-state index in [-0.39, 0.29) is 28.3 Å². The number of rotatable bonds is 6. The Bertz CT molecular complexity index is 810. The van der Waals surface area contributed by atoms with Gasteiger partial charge in [0, 0.05) is 17.9 Å². The van der Waals surface area contributed by atoms with Crippen LogP contribution in [0.3, 0.4) is 0 Å². The molecule has 0 fully saturated rings. The fraction of sp³-hybridized carbons (Fsp3) is 0.389. The number of carbonyl (C=O) groups excluding carboxylic acids is 2. The topological polar surface area (TPSA) is 97.3 Å². The largest absolute Gasteiger partial charge is 0.452 e. The van der Waals surface area contributed by atoms with Gasteiger partial charge in [-0.25, -0.2) is 4.79 Å². The zero-order valence-corrected chi connectivity index (χ0v) is 14.8. The maximum atomic E-state index is 12.3. The summed E-state index contributed by atoms with van der Waals surface area (Å²) in [6, 6.07) is 5.52. The van der Waals surface area contributed by atoms with Crippen LogP contribution in [0.5, 0.6) is 0 Å². The van der Waals surface area contributed by atoms with Crippen LogP contribution in [0.2, 0.25) is 0 Å². The highest BCUT2D eigenvalue weighted by Crippen LogP contribution is 2.26. The Labute approximate surface area is 146 Å². The second-order valence-electron chi connectivity index (χ2n) is 6.28. The van der Waals surface area contributed by atoms with Crippen LogP contribution >= 0.6 is 0 Å². The molecule has 132 valence electrons. The van der Waals surface area contributed by atoms with E-state index in [9.17, 15) is 14.9 Å². The summed E-state index contributed by atoms with van der Waals surface area (Å²) in [5.41, 5.74) is -0.268. The van der Waals surface area contributed by atoms with E-state index >= 15 is 0 Å². The lowest BCUT2D eigenvalue weighted by molar-refractivity contribution is -0.125. The van der Waals surface area contributed by atoms with Gasteiger partial charge in [0.25, 0.3) is 5.91 Å². The average Bonchev–Trinajstić information content (AvgIpc) is 3.19. The fourth-order valence-electron chi connectivity index (χ4n) is 2.24. The van der Waals surface area contributed by atoms with E-state index in [1.807, 2.05) is 26.8 Å². The van der Waals surface area contributed by atoms with Gasteiger partial charge >= 0.3 is 5.97 Å². The van der Waals surface area contributed by atoms with Crippen molar-refractivity contribution in [3.63, 3.8) is 0 Å². The molecule has 0 spiro atoms. The van der Waals surface area contributed by atoms with Crippen LogP contribution in [-0.4, -0.2) is 28.6 Å². The van der Waals surface area contributed by atoms with Gasteiger partial charge in [-0.3, -0.25) is 9.36 Å². The van der Waals surface area contributed by atoms with Crippen molar-refractivity contribution in [3.05, 3.63) is 41.4 Å². The number of hydrogen-bond donors (Lipinski definition) is 1. The van der Waals surface area contributed by atoms with Gasteiger partial charge in [0.1, 0.15) is 23.0 Å². The Morgan fingerprint density at radius 3 is 2.56 bits per heavy atom. The summed E-state index contributed by atoms with van der Waals surface area (Å²) >= 11 is 0. The predicted octanol–water partition coefficient (Wildman–Crippen LogP) is 2.71. The highest BCUT2D eigenvalue weighted by molar-refractivity contribution is 5.95. The summed E-state index contributed by atoms with van der Waals surface area (Å²) in [5.74, 6) is -0.654. The highest BCUT2D eigenvalue weighted by atomic mass is 16.5. The predicted molar refractivity (Wildman–Crippen MR) is 90.3 cm³/mol. The third-order valence-corrected chi connectivity index (χ3v) is 3.92. The van der Waals surface area contributed by atoms with Crippen molar-refractivity contribution < 1.29 is 18.7 Å².